The molecule has 0 spiro atoms. The molecule has 0 radical (unpaired) electrons. The van der Waals surface area contributed by atoms with Crippen LogP contribution in [0.4, 0.5) is 0 Å². The topological polar surface area (TPSA) is 236 Å². The minimum atomic E-state index is -4.90. The average molecular weight is 955 g/mol. The molecule has 1 unspecified atom stereocenters. The number of allylic oxidation sites excluding steroid dienone is 16. The fourth-order valence-corrected chi connectivity index (χ4v) is 6.29. The lowest BCUT2D eigenvalue weighted by Crippen LogP contribution is -2.29. The van der Waals surface area contributed by atoms with Crippen molar-refractivity contribution in [1.82, 2.24) is 0 Å². The largest absolute Gasteiger partial charge is 0.472 e. The van der Waals surface area contributed by atoms with Crippen LogP contribution in [-0.2, 0) is 41.8 Å². The van der Waals surface area contributed by atoms with Gasteiger partial charge in [0.1, 0.15) is 12.7 Å². The third-order valence-corrected chi connectivity index (χ3v) is 9.95. The molecule has 0 saturated heterocycles. The van der Waals surface area contributed by atoms with Crippen molar-refractivity contribution >= 4 is 27.6 Å². The number of ether oxygens (including phenoxy) is 2. The molecule has 0 rings (SSSR count). The first-order chi connectivity index (χ1) is 31.2. The van der Waals surface area contributed by atoms with Gasteiger partial charge in [0.2, 0.25) is 0 Å². The van der Waals surface area contributed by atoms with Gasteiger partial charge in [0.15, 0.2) is 6.10 Å². The fourth-order valence-electron chi connectivity index (χ4n) is 5.14. The highest BCUT2D eigenvalue weighted by Gasteiger charge is 2.28. The molecule has 0 amide bonds. The molecule has 368 valence electrons. The van der Waals surface area contributed by atoms with Crippen molar-refractivity contribution in [2.45, 2.75) is 141 Å². The molecule has 0 aliphatic rings. The summed E-state index contributed by atoms with van der Waals surface area (Å²) >= 11 is 0. The monoisotopic (exact) mass is 954 g/mol. The molecule has 0 aromatic rings. The van der Waals surface area contributed by atoms with E-state index in [2.05, 4.69) is 64.6 Å². The molecule has 6 N–H and O–H groups in total. The number of rotatable bonds is 40. The lowest BCUT2D eigenvalue weighted by Gasteiger charge is -2.20. The average Bonchev–Trinajstić information content (AvgIpc) is 3.26. The first-order valence-corrected chi connectivity index (χ1v) is 25.5. The van der Waals surface area contributed by atoms with Crippen molar-refractivity contribution in [2.75, 3.05) is 26.4 Å². The van der Waals surface area contributed by atoms with E-state index in [0.717, 1.165) is 57.8 Å². The van der Waals surface area contributed by atoms with Crippen LogP contribution in [0.5, 0.6) is 0 Å². The maximum atomic E-state index is 12.7. The van der Waals surface area contributed by atoms with E-state index in [1.54, 1.807) is 42.5 Å². The normalized spacial score (nSPS) is 16.0. The number of unbranched alkanes of at least 4 members (excludes halogenated alkanes) is 5. The van der Waals surface area contributed by atoms with E-state index < -0.39 is 78.4 Å². The van der Waals surface area contributed by atoms with Crippen LogP contribution in [0.25, 0.3) is 0 Å². The predicted octanol–water partition coefficient (Wildman–Crippen LogP) is 9.61. The molecule has 0 aromatic carbocycles. The van der Waals surface area contributed by atoms with E-state index in [1.165, 1.54) is 0 Å². The maximum absolute atomic E-state index is 12.7. The van der Waals surface area contributed by atoms with Crippen LogP contribution in [-0.4, -0.2) is 92.8 Å². The van der Waals surface area contributed by atoms with Gasteiger partial charge in [0, 0.05) is 12.8 Å². The maximum Gasteiger partial charge on any atom is 0.472 e. The molecule has 0 aliphatic carbocycles. The van der Waals surface area contributed by atoms with Gasteiger partial charge in [-0.15, -0.1) is 0 Å². The Morgan fingerprint density at radius 3 is 1.72 bits per heavy atom. The van der Waals surface area contributed by atoms with Gasteiger partial charge in [0.05, 0.1) is 32.0 Å². The highest BCUT2D eigenvalue weighted by Crippen LogP contribution is 2.43. The summed E-state index contributed by atoms with van der Waals surface area (Å²) < 4.78 is 47.6. The molecule has 17 heteroatoms. The molecule has 0 aromatic heterocycles. The van der Waals surface area contributed by atoms with E-state index in [4.69, 9.17) is 23.8 Å². The Hall–Kier alpha value is -3.56. The Bertz CT molecular complexity index is 1640. The van der Waals surface area contributed by atoms with Gasteiger partial charge in [-0.2, -0.15) is 0 Å². The van der Waals surface area contributed by atoms with Gasteiger partial charge in [-0.25, -0.2) is 9.13 Å². The van der Waals surface area contributed by atoms with E-state index in [-0.39, 0.29) is 12.8 Å². The minimum Gasteiger partial charge on any atom is -0.462 e. The number of aliphatic hydroxyl groups excluding tert-OH is 3. The zero-order valence-corrected chi connectivity index (χ0v) is 40.0. The molecular formula is C48H76O15P2. The summed E-state index contributed by atoms with van der Waals surface area (Å²) in [5.74, 6) is -1.26. The lowest BCUT2D eigenvalue weighted by molar-refractivity contribution is -0.161. The quantitative estimate of drug-likeness (QED) is 0.0110. The first kappa shape index (κ1) is 61.4. The Morgan fingerprint density at radius 2 is 1.06 bits per heavy atom. The van der Waals surface area contributed by atoms with Crippen molar-refractivity contribution < 1.29 is 71.8 Å². The van der Waals surface area contributed by atoms with E-state index >= 15 is 0 Å². The predicted molar refractivity (Wildman–Crippen MR) is 255 cm³/mol. The van der Waals surface area contributed by atoms with E-state index in [1.807, 2.05) is 37.3 Å². The van der Waals surface area contributed by atoms with Gasteiger partial charge >= 0.3 is 27.6 Å². The molecule has 0 heterocycles. The van der Waals surface area contributed by atoms with Crippen molar-refractivity contribution in [1.29, 1.82) is 0 Å². The standard InChI is InChI=1S/C48H76O15P2/c1-3-5-7-8-9-10-11-12-13-14-15-16-17-18-22-25-31-37-47(52)59-41-46(42-62-65(57,58)61-40-45(51)39-60-64(54,55)56)63-48(53)38-32-26-30-36-44(50)35-29-24-21-19-20-23-28-34-43(49)33-27-6-4-2/h5-7,9-10,12-13,15-16,20-21,23-24,27-30,34-36,43-46,49-51H,3-4,8,11,14,17-19,22,25-26,31-33,37-42H2,1-2H3,(H,57,58)(H2,54,55,56)/b7-5-,10-9-,13-12-,16-15-,23-20-,24-21-,27-6-,34-28+,35-29+,36-30-/t43-,44-,45-,46+/m0/s1. The van der Waals surface area contributed by atoms with Crippen LogP contribution >= 0.6 is 15.6 Å². The van der Waals surface area contributed by atoms with Gasteiger partial charge in [-0.05, 0) is 77.0 Å². The molecule has 5 atom stereocenters. The van der Waals surface area contributed by atoms with E-state index in [9.17, 15) is 38.9 Å². The van der Waals surface area contributed by atoms with Crippen LogP contribution in [0, 0.1) is 0 Å². The summed E-state index contributed by atoms with van der Waals surface area (Å²) in [6.07, 6.45) is 45.5. The first-order valence-electron chi connectivity index (χ1n) is 22.5. The molecule has 0 saturated carbocycles. The molecule has 15 nitrogen and oxygen atoms in total. The number of hydrogen-bond acceptors (Lipinski definition) is 12. The van der Waals surface area contributed by atoms with Crippen LogP contribution in [0.15, 0.2) is 122 Å². The molecule has 0 fully saturated rings. The Kier molecular flexibility index (Phi) is 39.5. The number of esters is 2. The van der Waals surface area contributed by atoms with Crippen molar-refractivity contribution in [3.8, 4) is 0 Å². The zero-order chi connectivity index (χ0) is 48.3. The summed E-state index contributed by atoms with van der Waals surface area (Å²) in [6, 6.07) is 0. The van der Waals surface area contributed by atoms with Crippen molar-refractivity contribution in [3.05, 3.63) is 122 Å². The highest BCUT2D eigenvalue weighted by molar-refractivity contribution is 7.47. The second-order valence-corrected chi connectivity index (χ2v) is 17.3. The minimum absolute atomic E-state index is 0.0685. The third kappa shape index (κ3) is 45.4. The van der Waals surface area contributed by atoms with Gasteiger partial charge in [-0.1, -0.05) is 148 Å². The molecule has 0 bridgehead atoms. The van der Waals surface area contributed by atoms with Gasteiger partial charge < -0.3 is 39.5 Å². The van der Waals surface area contributed by atoms with Crippen molar-refractivity contribution in [2.24, 2.45) is 0 Å². The lowest BCUT2D eigenvalue weighted by atomic mass is 10.1. The van der Waals surface area contributed by atoms with E-state index in [0.29, 0.717) is 32.1 Å². The van der Waals surface area contributed by atoms with Crippen LogP contribution in [0.3, 0.4) is 0 Å². The van der Waals surface area contributed by atoms with Crippen molar-refractivity contribution in [3.63, 3.8) is 0 Å². The molecule has 65 heavy (non-hydrogen) atoms. The zero-order valence-electron chi connectivity index (χ0n) is 38.3. The Morgan fingerprint density at radius 1 is 0.523 bits per heavy atom. The number of hydrogen-bond donors (Lipinski definition) is 6. The summed E-state index contributed by atoms with van der Waals surface area (Å²) in [6.45, 7) is 1.18. The SMILES string of the molecule is CC/C=C\C/C=C\C/C=C\C/C=C\CCCCCCC(=O)OC[C@H](COP(=O)(O)OC[C@@H](O)COP(=O)(O)O)OC(=O)CCC/C=C\[C@@H](O)/C=C/C=C\C/C=C\C=C\[C@@H](O)C/C=C\CC. The summed E-state index contributed by atoms with van der Waals surface area (Å²) in [4.78, 5) is 52.8. The van der Waals surface area contributed by atoms with Crippen LogP contribution in [0.1, 0.15) is 117 Å². The number of carbonyl (C=O) groups excluding carboxylic acids is 2. The van der Waals surface area contributed by atoms with Crippen LogP contribution < -0.4 is 0 Å². The van der Waals surface area contributed by atoms with Gasteiger partial charge in [0.25, 0.3) is 0 Å². The third-order valence-electron chi connectivity index (χ3n) is 8.51. The summed E-state index contributed by atoms with van der Waals surface area (Å²) in [7, 11) is -9.78. The summed E-state index contributed by atoms with van der Waals surface area (Å²) in [5, 5.41) is 29.8. The number of aliphatic hydroxyl groups is 3. The Balaban J connectivity index is 4.81. The summed E-state index contributed by atoms with van der Waals surface area (Å²) in [5.41, 5.74) is 0. The number of phosphoric acid groups is 2. The second-order valence-electron chi connectivity index (χ2n) is 14.6. The van der Waals surface area contributed by atoms with Crippen LogP contribution in [0.2, 0.25) is 0 Å². The molecule has 0 aliphatic heterocycles. The number of phosphoric ester groups is 2. The highest BCUT2D eigenvalue weighted by atomic mass is 31.2. The second kappa shape index (κ2) is 41.8. The number of carbonyl (C=O) groups is 2. The smallest absolute Gasteiger partial charge is 0.462 e. The fraction of sp³-hybridized carbons (Fsp3) is 0.542. The Labute approximate surface area is 387 Å². The molecular weight excluding hydrogens is 878 g/mol. The van der Waals surface area contributed by atoms with Gasteiger partial charge in [-0.3, -0.25) is 23.2 Å².